The van der Waals surface area contributed by atoms with E-state index in [2.05, 4.69) is 30.3 Å². The molecule has 13 nitrogen and oxygen atoms in total. The van der Waals surface area contributed by atoms with Gasteiger partial charge in [0.1, 0.15) is 11.2 Å². The molecule has 2 N–H and O–H groups in total. The van der Waals surface area contributed by atoms with E-state index in [1.54, 1.807) is 35.2 Å². The van der Waals surface area contributed by atoms with E-state index < -0.39 is 12.5 Å². The Labute approximate surface area is 273 Å². The number of hydrogen-bond donors (Lipinski definition) is 1. The number of benzene rings is 2. The summed E-state index contributed by atoms with van der Waals surface area (Å²) in [5.74, 6) is 5.14. The summed E-state index contributed by atoms with van der Waals surface area (Å²) in [6.07, 6.45) is 5.27. The molecule has 48 heavy (non-hydrogen) atoms. The zero-order valence-electron chi connectivity index (χ0n) is 25.8. The van der Waals surface area contributed by atoms with Crippen LogP contribution >= 0.6 is 0 Å². The number of fused-ring (bicyclic) bond motifs is 1. The van der Waals surface area contributed by atoms with Crippen molar-refractivity contribution in [1.82, 2.24) is 24.4 Å². The van der Waals surface area contributed by atoms with Gasteiger partial charge in [-0.15, -0.1) is 5.11 Å². The molecular formula is C33H31F2N9O4. The first-order valence-electron chi connectivity index (χ1n) is 15.1. The molecule has 0 radical (unpaired) electrons. The van der Waals surface area contributed by atoms with Crippen LogP contribution in [0.15, 0.2) is 99.1 Å². The standard InChI is InChI=1S/C33H31F2N9O4/c1-20(45)47-18-29(40-36)41-42-30(21-5-3-2-4-6-21)22-10-13-43(14-11-22)32(46)26-16-24(9-12-38-26)31-39-25-15-23(7-8-28(25)48-31)27-17-37-19-44(27)33(34)35/h2-9,12,15-17,19,22,30,33H,10-11,13-14,18,36H2,1H3/t30-/m1/s1. The molecule has 1 atom stereocenters. The van der Waals surface area contributed by atoms with Crippen molar-refractivity contribution in [3.63, 3.8) is 0 Å². The summed E-state index contributed by atoms with van der Waals surface area (Å²) in [7, 11) is 0. The van der Waals surface area contributed by atoms with Crippen molar-refractivity contribution in [1.29, 1.82) is 0 Å². The molecule has 246 valence electrons. The van der Waals surface area contributed by atoms with Crippen LogP contribution in [-0.2, 0) is 9.53 Å². The highest BCUT2D eigenvalue weighted by Crippen LogP contribution is 2.35. The average Bonchev–Trinajstić information content (AvgIpc) is 3.78. The number of hydrogen-bond acceptors (Lipinski definition) is 10. The highest BCUT2D eigenvalue weighted by atomic mass is 19.3. The molecule has 0 spiro atoms. The largest absolute Gasteiger partial charge is 0.457 e. The van der Waals surface area contributed by atoms with Gasteiger partial charge in [-0.25, -0.2) is 9.97 Å². The maximum atomic E-state index is 13.6. The smallest absolute Gasteiger partial charge is 0.320 e. The third-order valence-electron chi connectivity index (χ3n) is 8.05. The number of nitrogens with two attached hydrogens (primary N) is 1. The molecule has 6 rings (SSSR count). The lowest BCUT2D eigenvalue weighted by molar-refractivity contribution is -0.139. The zero-order valence-corrected chi connectivity index (χ0v) is 25.8. The molecule has 1 fully saturated rings. The second kappa shape index (κ2) is 14.3. The fourth-order valence-electron chi connectivity index (χ4n) is 5.63. The summed E-state index contributed by atoms with van der Waals surface area (Å²) in [6.45, 7) is -0.691. The molecule has 0 unspecified atom stereocenters. The predicted molar refractivity (Wildman–Crippen MR) is 171 cm³/mol. The van der Waals surface area contributed by atoms with Crippen LogP contribution in [0.3, 0.4) is 0 Å². The van der Waals surface area contributed by atoms with Crippen molar-refractivity contribution < 1.29 is 27.5 Å². The van der Waals surface area contributed by atoms with Gasteiger partial charge < -0.3 is 19.9 Å². The minimum absolute atomic E-state index is 0.0659. The van der Waals surface area contributed by atoms with Gasteiger partial charge in [0.25, 0.3) is 5.91 Å². The Kier molecular flexibility index (Phi) is 9.55. The van der Waals surface area contributed by atoms with Crippen LogP contribution in [0.1, 0.15) is 48.4 Å². The van der Waals surface area contributed by atoms with Gasteiger partial charge in [-0.2, -0.15) is 19.0 Å². The number of pyridine rings is 1. The highest BCUT2D eigenvalue weighted by molar-refractivity contribution is 5.93. The number of ether oxygens (including phenoxy) is 1. The van der Waals surface area contributed by atoms with Gasteiger partial charge in [0.2, 0.25) is 11.7 Å². The van der Waals surface area contributed by atoms with E-state index in [0.29, 0.717) is 48.2 Å². The van der Waals surface area contributed by atoms with E-state index in [9.17, 15) is 18.4 Å². The summed E-state index contributed by atoms with van der Waals surface area (Å²) in [6, 6.07) is 17.7. The highest BCUT2D eigenvalue weighted by Gasteiger charge is 2.31. The first-order chi connectivity index (χ1) is 23.3. The van der Waals surface area contributed by atoms with Gasteiger partial charge in [-0.05, 0) is 54.7 Å². The van der Waals surface area contributed by atoms with Crippen molar-refractivity contribution >= 4 is 28.8 Å². The molecule has 4 heterocycles. The molecule has 2 aromatic carbocycles. The van der Waals surface area contributed by atoms with Gasteiger partial charge in [0, 0.05) is 37.3 Å². The molecule has 1 saturated heterocycles. The number of hydrazone groups is 1. The number of carbonyl (C=O) groups is 2. The van der Waals surface area contributed by atoms with Crippen molar-refractivity contribution in [3.05, 3.63) is 90.6 Å². The van der Waals surface area contributed by atoms with Crippen LogP contribution in [0, 0.1) is 5.92 Å². The number of likely N-dealkylation sites (tertiary alicyclic amines) is 1. The first-order valence-corrected chi connectivity index (χ1v) is 15.1. The molecule has 1 amide bonds. The van der Waals surface area contributed by atoms with E-state index in [-0.39, 0.29) is 47.6 Å². The van der Waals surface area contributed by atoms with Gasteiger partial charge >= 0.3 is 12.5 Å². The van der Waals surface area contributed by atoms with Crippen molar-refractivity contribution in [2.75, 3.05) is 19.7 Å². The quantitative estimate of drug-likeness (QED) is 0.0502. The first kappa shape index (κ1) is 32.1. The number of carbonyl (C=O) groups excluding carboxylic acids is 2. The van der Waals surface area contributed by atoms with Gasteiger partial charge in [-0.3, -0.25) is 19.1 Å². The molecule has 1 aliphatic heterocycles. The maximum Gasteiger partial charge on any atom is 0.320 e. The van der Waals surface area contributed by atoms with Crippen LogP contribution in [0.5, 0.6) is 0 Å². The Hall–Kier alpha value is -5.86. The number of amides is 1. The molecule has 1 aliphatic rings. The van der Waals surface area contributed by atoms with Crippen LogP contribution in [-0.4, -0.2) is 61.8 Å². The summed E-state index contributed by atoms with van der Waals surface area (Å²) >= 11 is 0. The van der Waals surface area contributed by atoms with Crippen LogP contribution in [0.2, 0.25) is 0 Å². The van der Waals surface area contributed by atoms with Crippen molar-refractivity contribution in [2.45, 2.75) is 32.4 Å². The van der Waals surface area contributed by atoms with E-state index in [1.165, 1.54) is 19.3 Å². The van der Waals surface area contributed by atoms with Crippen LogP contribution in [0.4, 0.5) is 8.78 Å². The van der Waals surface area contributed by atoms with E-state index >= 15 is 0 Å². The number of esters is 1. The average molecular weight is 656 g/mol. The number of nitrogens with zero attached hydrogens (tertiary/aromatic N) is 8. The minimum Gasteiger partial charge on any atom is -0.457 e. The Bertz CT molecular complexity index is 1970. The molecule has 15 heteroatoms. The van der Waals surface area contributed by atoms with Crippen LogP contribution < -0.4 is 5.84 Å². The molecule has 5 aromatic rings. The number of imidazole rings is 1. The zero-order chi connectivity index (χ0) is 33.6. The molecule has 0 bridgehead atoms. The lowest BCUT2D eigenvalue weighted by Crippen LogP contribution is -2.40. The fourth-order valence-corrected chi connectivity index (χ4v) is 5.63. The molecule has 0 aliphatic carbocycles. The Morgan fingerprint density at radius 2 is 1.88 bits per heavy atom. The number of azo groups is 1. The molecule has 3 aromatic heterocycles. The predicted octanol–water partition coefficient (Wildman–Crippen LogP) is 6.03. The van der Waals surface area contributed by atoms with Crippen LogP contribution in [0.25, 0.3) is 33.8 Å². The Morgan fingerprint density at radius 1 is 1.08 bits per heavy atom. The third-order valence-corrected chi connectivity index (χ3v) is 8.05. The lowest BCUT2D eigenvalue weighted by Gasteiger charge is -2.34. The Morgan fingerprint density at radius 3 is 2.60 bits per heavy atom. The van der Waals surface area contributed by atoms with Gasteiger partial charge in [0.05, 0.1) is 24.3 Å². The SMILES string of the molecule is CC(=O)OCC(N=N[C@H](c1ccccc1)C1CCN(C(=O)c2cc(-c3nc4cc(-c5cncn5C(F)F)ccc4o3)ccn2)CC1)=NN. The molecule has 0 saturated carbocycles. The van der Waals surface area contributed by atoms with Crippen molar-refractivity contribution in [3.8, 4) is 22.7 Å². The third kappa shape index (κ3) is 7.09. The number of aromatic nitrogens is 4. The summed E-state index contributed by atoms with van der Waals surface area (Å²) < 4.78 is 38.4. The number of oxazole rings is 1. The molecular weight excluding hydrogens is 624 g/mol. The van der Waals surface area contributed by atoms with Gasteiger partial charge in [-0.1, -0.05) is 30.3 Å². The summed E-state index contributed by atoms with van der Waals surface area (Å²) in [5.41, 5.74) is 3.44. The second-order valence-corrected chi connectivity index (χ2v) is 11.1. The number of rotatable bonds is 9. The normalized spacial score (nSPS) is 15.0. The lowest BCUT2D eigenvalue weighted by atomic mass is 9.86. The number of piperidine rings is 1. The topological polar surface area (TPSA) is 166 Å². The second-order valence-electron chi connectivity index (χ2n) is 11.1. The van der Waals surface area contributed by atoms with Crippen molar-refractivity contribution in [2.24, 2.45) is 27.1 Å². The van der Waals surface area contributed by atoms with E-state index in [4.69, 9.17) is 15.0 Å². The number of halogens is 2. The number of amidine groups is 1. The minimum atomic E-state index is -2.73. The van der Waals surface area contributed by atoms with E-state index in [0.717, 1.165) is 16.5 Å². The summed E-state index contributed by atoms with van der Waals surface area (Å²) in [5, 5.41) is 12.3. The number of alkyl halides is 2. The van der Waals surface area contributed by atoms with Gasteiger partial charge in [0.15, 0.2) is 12.2 Å². The maximum absolute atomic E-state index is 13.6. The Balaban J connectivity index is 1.15. The summed E-state index contributed by atoms with van der Waals surface area (Å²) in [4.78, 5) is 39.2. The monoisotopic (exact) mass is 655 g/mol. The fraction of sp³-hybridized carbons (Fsp3) is 0.273. The van der Waals surface area contributed by atoms with E-state index in [1.807, 2.05) is 30.3 Å².